The Labute approximate surface area is 124 Å². The maximum atomic E-state index is 13.1. The minimum absolute atomic E-state index is 0.00793. The molecule has 1 N–H and O–H groups in total. The van der Waals surface area contributed by atoms with Crippen molar-refractivity contribution in [1.82, 2.24) is 0 Å². The van der Waals surface area contributed by atoms with Crippen molar-refractivity contribution in [3.05, 3.63) is 64.4 Å². The quantitative estimate of drug-likeness (QED) is 0.719. The SMILES string of the molecule is CC(Nc1ccc(C(F)(F)F)cc1)c1ccc(F)c(Cl)c1. The first-order valence-corrected chi connectivity index (χ1v) is 6.54. The monoisotopic (exact) mass is 317 g/mol. The van der Waals surface area contributed by atoms with E-state index in [0.29, 0.717) is 5.69 Å². The van der Waals surface area contributed by atoms with Gasteiger partial charge in [-0.1, -0.05) is 17.7 Å². The number of halogens is 5. The summed E-state index contributed by atoms with van der Waals surface area (Å²) in [6, 6.07) is 8.80. The van der Waals surface area contributed by atoms with Crippen LogP contribution in [0.2, 0.25) is 5.02 Å². The number of hydrogen-bond acceptors (Lipinski definition) is 1. The summed E-state index contributed by atoms with van der Waals surface area (Å²) in [6.45, 7) is 1.81. The first kappa shape index (κ1) is 15.6. The van der Waals surface area contributed by atoms with Gasteiger partial charge in [-0.25, -0.2) is 4.39 Å². The summed E-state index contributed by atoms with van der Waals surface area (Å²) >= 11 is 5.70. The molecule has 0 aromatic heterocycles. The van der Waals surface area contributed by atoms with Crippen LogP contribution in [0.5, 0.6) is 0 Å². The Morgan fingerprint density at radius 3 is 2.19 bits per heavy atom. The van der Waals surface area contributed by atoms with Gasteiger partial charge in [0.1, 0.15) is 5.82 Å². The van der Waals surface area contributed by atoms with Gasteiger partial charge in [0, 0.05) is 11.7 Å². The lowest BCUT2D eigenvalue weighted by Crippen LogP contribution is -2.08. The van der Waals surface area contributed by atoms with Gasteiger partial charge in [-0.3, -0.25) is 0 Å². The van der Waals surface area contributed by atoms with Crippen molar-refractivity contribution in [2.45, 2.75) is 19.1 Å². The molecule has 2 rings (SSSR count). The number of anilines is 1. The van der Waals surface area contributed by atoms with Crippen LogP contribution in [0, 0.1) is 5.82 Å². The molecule has 0 radical (unpaired) electrons. The summed E-state index contributed by atoms with van der Waals surface area (Å²) in [4.78, 5) is 0. The zero-order valence-electron chi connectivity index (χ0n) is 11.0. The van der Waals surface area contributed by atoms with Crippen LogP contribution in [0.25, 0.3) is 0 Å². The lowest BCUT2D eigenvalue weighted by Gasteiger charge is -2.17. The largest absolute Gasteiger partial charge is 0.416 e. The Hall–Kier alpha value is -1.75. The molecule has 0 amide bonds. The van der Waals surface area contributed by atoms with E-state index < -0.39 is 17.6 Å². The summed E-state index contributed by atoms with van der Waals surface area (Å²) in [5, 5.41) is 3.04. The molecular weight excluding hydrogens is 306 g/mol. The number of nitrogens with one attached hydrogen (secondary N) is 1. The predicted octanol–water partition coefficient (Wildman–Crippen LogP) is 5.67. The number of alkyl halides is 3. The van der Waals surface area contributed by atoms with Gasteiger partial charge in [0.05, 0.1) is 10.6 Å². The Bertz CT molecular complexity index is 623. The van der Waals surface area contributed by atoms with Gasteiger partial charge in [0.15, 0.2) is 0 Å². The van der Waals surface area contributed by atoms with Crippen LogP contribution in [0.3, 0.4) is 0 Å². The first-order chi connectivity index (χ1) is 9.77. The Kier molecular flexibility index (Phi) is 4.42. The molecule has 0 aliphatic heterocycles. The fraction of sp³-hybridized carbons (Fsp3) is 0.200. The van der Waals surface area contributed by atoms with Crippen molar-refractivity contribution < 1.29 is 17.6 Å². The third-order valence-electron chi connectivity index (χ3n) is 3.04. The smallest absolute Gasteiger partial charge is 0.379 e. The topological polar surface area (TPSA) is 12.0 Å². The third kappa shape index (κ3) is 3.88. The fourth-order valence-electron chi connectivity index (χ4n) is 1.87. The van der Waals surface area contributed by atoms with Gasteiger partial charge in [-0.15, -0.1) is 0 Å². The predicted molar refractivity (Wildman–Crippen MR) is 74.9 cm³/mol. The van der Waals surface area contributed by atoms with Gasteiger partial charge in [-0.05, 0) is 48.9 Å². The van der Waals surface area contributed by atoms with Crippen molar-refractivity contribution in [1.29, 1.82) is 0 Å². The molecule has 0 bridgehead atoms. The van der Waals surface area contributed by atoms with E-state index in [2.05, 4.69) is 5.32 Å². The van der Waals surface area contributed by atoms with E-state index >= 15 is 0 Å². The Balaban J connectivity index is 2.12. The molecule has 2 aromatic carbocycles. The maximum absolute atomic E-state index is 13.1. The molecule has 0 spiro atoms. The van der Waals surface area contributed by atoms with Crippen molar-refractivity contribution in [3.63, 3.8) is 0 Å². The van der Waals surface area contributed by atoms with E-state index in [0.717, 1.165) is 17.7 Å². The minimum atomic E-state index is -4.35. The van der Waals surface area contributed by atoms with Crippen molar-refractivity contribution >= 4 is 17.3 Å². The van der Waals surface area contributed by atoms with Crippen molar-refractivity contribution in [2.24, 2.45) is 0 Å². The molecule has 1 nitrogen and oxygen atoms in total. The molecular formula is C15H12ClF4N. The normalized spacial score (nSPS) is 13.0. The molecule has 1 atom stereocenters. The van der Waals surface area contributed by atoms with E-state index in [1.54, 1.807) is 13.0 Å². The van der Waals surface area contributed by atoms with Crippen molar-refractivity contribution in [2.75, 3.05) is 5.32 Å². The molecule has 112 valence electrons. The van der Waals surface area contributed by atoms with Crippen LogP contribution in [0.1, 0.15) is 24.1 Å². The van der Waals surface area contributed by atoms with Crippen LogP contribution in [0.15, 0.2) is 42.5 Å². The van der Waals surface area contributed by atoms with Gasteiger partial charge in [0.2, 0.25) is 0 Å². The highest BCUT2D eigenvalue weighted by Gasteiger charge is 2.29. The Morgan fingerprint density at radius 1 is 1.05 bits per heavy atom. The highest BCUT2D eigenvalue weighted by atomic mass is 35.5. The van der Waals surface area contributed by atoms with Crippen LogP contribution in [-0.4, -0.2) is 0 Å². The second-order valence-electron chi connectivity index (χ2n) is 4.61. The number of hydrogen-bond donors (Lipinski definition) is 1. The number of rotatable bonds is 3. The minimum Gasteiger partial charge on any atom is -0.379 e. The van der Waals surface area contributed by atoms with Crippen LogP contribution >= 0.6 is 11.6 Å². The van der Waals surface area contributed by atoms with E-state index in [1.165, 1.54) is 24.3 Å². The average Bonchev–Trinajstić information content (AvgIpc) is 2.41. The summed E-state index contributed by atoms with van der Waals surface area (Å²) in [6.07, 6.45) is -4.35. The summed E-state index contributed by atoms with van der Waals surface area (Å²) in [5.41, 5.74) is 0.572. The average molecular weight is 318 g/mol. The van der Waals surface area contributed by atoms with Gasteiger partial charge in [-0.2, -0.15) is 13.2 Å². The molecule has 2 aromatic rings. The second-order valence-corrected chi connectivity index (χ2v) is 5.02. The molecule has 0 saturated heterocycles. The molecule has 6 heteroatoms. The molecule has 0 aliphatic rings. The van der Waals surface area contributed by atoms with E-state index in [4.69, 9.17) is 11.6 Å². The maximum Gasteiger partial charge on any atom is 0.416 e. The highest BCUT2D eigenvalue weighted by molar-refractivity contribution is 6.30. The van der Waals surface area contributed by atoms with Crippen LogP contribution in [0.4, 0.5) is 23.2 Å². The molecule has 0 fully saturated rings. The summed E-state index contributed by atoms with van der Waals surface area (Å²) < 4.78 is 50.5. The standard InChI is InChI=1S/C15H12ClF4N/c1-9(10-2-7-14(17)13(16)8-10)21-12-5-3-11(4-6-12)15(18,19)20/h2-9,21H,1H3. The molecule has 21 heavy (non-hydrogen) atoms. The van der Waals surface area contributed by atoms with Crippen LogP contribution in [-0.2, 0) is 6.18 Å². The summed E-state index contributed by atoms with van der Waals surface area (Å²) in [7, 11) is 0. The zero-order chi connectivity index (χ0) is 15.6. The van der Waals surface area contributed by atoms with E-state index in [-0.39, 0.29) is 11.1 Å². The number of benzene rings is 2. The lowest BCUT2D eigenvalue weighted by molar-refractivity contribution is -0.137. The Morgan fingerprint density at radius 2 is 1.67 bits per heavy atom. The van der Waals surface area contributed by atoms with Crippen LogP contribution < -0.4 is 5.32 Å². The first-order valence-electron chi connectivity index (χ1n) is 6.16. The molecule has 0 saturated carbocycles. The highest BCUT2D eigenvalue weighted by Crippen LogP contribution is 2.30. The molecule has 1 unspecified atom stereocenters. The molecule has 0 aliphatic carbocycles. The van der Waals surface area contributed by atoms with Gasteiger partial charge < -0.3 is 5.32 Å². The summed E-state index contributed by atoms with van der Waals surface area (Å²) in [5.74, 6) is -0.512. The zero-order valence-corrected chi connectivity index (χ0v) is 11.8. The fourth-order valence-corrected chi connectivity index (χ4v) is 2.06. The van der Waals surface area contributed by atoms with Gasteiger partial charge in [0.25, 0.3) is 0 Å². The van der Waals surface area contributed by atoms with Crippen molar-refractivity contribution in [3.8, 4) is 0 Å². The second kappa shape index (κ2) is 5.93. The van der Waals surface area contributed by atoms with Gasteiger partial charge >= 0.3 is 6.18 Å². The lowest BCUT2D eigenvalue weighted by atomic mass is 10.1. The van der Waals surface area contributed by atoms with E-state index in [9.17, 15) is 17.6 Å². The van der Waals surface area contributed by atoms with E-state index in [1.807, 2.05) is 0 Å². The third-order valence-corrected chi connectivity index (χ3v) is 3.33. The molecule has 0 heterocycles.